The van der Waals surface area contributed by atoms with Crippen LogP contribution in [-0.2, 0) is 9.53 Å². The van der Waals surface area contributed by atoms with Crippen molar-refractivity contribution in [1.29, 1.82) is 0 Å². The van der Waals surface area contributed by atoms with Crippen LogP contribution < -0.4 is 0 Å². The molecule has 4 heteroatoms. The minimum atomic E-state index is -0.462. The number of Topliss-reactive ketones (excluding diaryl/α,β-unsaturated/α-hetero) is 1. The number of carbonyl (C=O) groups is 2. The van der Waals surface area contributed by atoms with E-state index in [0.29, 0.717) is 0 Å². The van der Waals surface area contributed by atoms with Crippen LogP contribution in [0.3, 0.4) is 0 Å². The van der Waals surface area contributed by atoms with Crippen LogP contribution in [0.4, 0.5) is 4.79 Å². The van der Waals surface area contributed by atoms with Crippen molar-refractivity contribution in [3.05, 3.63) is 59.7 Å². The molecule has 1 amide bonds. The fourth-order valence-corrected chi connectivity index (χ4v) is 3.19. The Morgan fingerprint density at radius 2 is 1.52 bits per heavy atom. The number of benzene rings is 2. The Morgan fingerprint density at radius 3 is 2.04 bits per heavy atom. The lowest BCUT2D eigenvalue weighted by Gasteiger charge is -2.20. The average Bonchev–Trinajstić information content (AvgIpc) is 2.93. The molecule has 1 aliphatic rings. The number of rotatable bonds is 5. The molecule has 2 aromatic carbocycles. The van der Waals surface area contributed by atoms with Gasteiger partial charge in [-0.25, -0.2) is 4.79 Å². The van der Waals surface area contributed by atoms with Crippen LogP contribution in [0, 0.1) is 5.92 Å². The predicted octanol–water partition coefficient (Wildman–Crippen LogP) is 4.09. The second kappa shape index (κ2) is 7.09. The van der Waals surface area contributed by atoms with Crippen molar-refractivity contribution in [2.75, 3.05) is 20.2 Å². The van der Waals surface area contributed by atoms with Crippen molar-refractivity contribution in [1.82, 2.24) is 4.90 Å². The molecule has 0 atom stereocenters. The number of ketones is 1. The highest BCUT2D eigenvalue weighted by atomic mass is 16.6. The minimum Gasteiger partial charge on any atom is -0.448 e. The summed E-state index contributed by atoms with van der Waals surface area (Å²) in [5.74, 6) is -0.0367. The van der Waals surface area contributed by atoms with Crippen LogP contribution in [0.5, 0.6) is 0 Å². The van der Waals surface area contributed by atoms with Crippen LogP contribution in [0.2, 0.25) is 0 Å². The van der Waals surface area contributed by atoms with E-state index in [1.165, 1.54) is 27.2 Å². The van der Waals surface area contributed by atoms with E-state index >= 15 is 0 Å². The number of ether oxygens (including phenoxy) is 1. The minimum absolute atomic E-state index is 0.0241. The number of hydrogen-bond donors (Lipinski definition) is 0. The Labute approximate surface area is 148 Å². The number of hydrogen-bond acceptors (Lipinski definition) is 3. The monoisotopic (exact) mass is 337 g/mol. The zero-order valence-electron chi connectivity index (χ0n) is 14.9. The molecule has 25 heavy (non-hydrogen) atoms. The molecule has 3 rings (SSSR count). The molecule has 0 aromatic heterocycles. The third-order valence-corrected chi connectivity index (χ3v) is 4.68. The topological polar surface area (TPSA) is 46.6 Å². The molecule has 0 heterocycles. The van der Waals surface area contributed by atoms with Gasteiger partial charge >= 0.3 is 6.09 Å². The predicted molar refractivity (Wildman–Crippen MR) is 97.5 cm³/mol. The van der Waals surface area contributed by atoms with E-state index in [9.17, 15) is 9.59 Å². The summed E-state index contributed by atoms with van der Waals surface area (Å²) in [4.78, 5) is 25.4. The first-order chi connectivity index (χ1) is 12.0. The van der Waals surface area contributed by atoms with Gasteiger partial charge in [0.1, 0.15) is 6.61 Å². The van der Waals surface area contributed by atoms with E-state index in [2.05, 4.69) is 24.3 Å². The Morgan fingerprint density at radius 1 is 1.00 bits per heavy atom. The molecule has 4 nitrogen and oxygen atoms in total. The third-order valence-electron chi connectivity index (χ3n) is 4.68. The Hall–Kier alpha value is -2.62. The lowest BCUT2D eigenvalue weighted by Crippen LogP contribution is -2.34. The van der Waals surface area contributed by atoms with Crippen LogP contribution in [-0.4, -0.2) is 37.0 Å². The second-order valence-corrected chi connectivity index (χ2v) is 6.78. The van der Waals surface area contributed by atoms with E-state index < -0.39 is 6.09 Å². The number of amides is 1. The maximum atomic E-state index is 12.2. The van der Waals surface area contributed by atoms with Crippen LogP contribution in [0.25, 0.3) is 11.1 Å². The van der Waals surface area contributed by atoms with Crippen LogP contribution in [0.15, 0.2) is 48.5 Å². The molecule has 0 fully saturated rings. The van der Waals surface area contributed by atoms with Gasteiger partial charge in [-0.05, 0) is 22.3 Å². The maximum Gasteiger partial charge on any atom is 0.409 e. The standard InChI is InChI=1S/C21H23NO3/c1-14(2)20(23)12-22(3)21(24)25-13-19-17-10-6-4-8-15(17)16-9-5-7-11-18(16)19/h4-11,14,19H,12-13H2,1-3H3. The van der Waals surface area contributed by atoms with Crippen molar-refractivity contribution < 1.29 is 14.3 Å². The normalized spacial score (nSPS) is 12.6. The van der Waals surface area contributed by atoms with Gasteiger partial charge in [0, 0.05) is 18.9 Å². The quantitative estimate of drug-likeness (QED) is 0.825. The van der Waals surface area contributed by atoms with Gasteiger partial charge in [0.2, 0.25) is 0 Å². The first-order valence-electron chi connectivity index (χ1n) is 8.58. The lowest BCUT2D eigenvalue weighted by molar-refractivity contribution is -0.122. The molecule has 130 valence electrons. The van der Waals surface area contributed by atoms with Crippen molar-refractivity contribution in [3.8, 4) is 11.1 Å². The van der Waals surface area contributed by atoms with Gasteiger partial charge in [-0.15, -0.1) is 0 Å². The zero-order valence-corrected chi connectivity index (χ0v) is 14.9. The number of nitrogens with zero attached hydrogens (tertiary/aromatic N) is 1. The van der Waals surface area contributed by atoms with Gasteiger partial charge < -0.3 is 9.64 Å². The van der Waals surface area contributed by atoms with Gasteiger partial charge in [-0.1, -0.05) is 62.4 Å². The summed E-state index contributed by atoms with van der Waals surface area (Å²) in [6, 6.07) is 16.4. The van der Waals surface area contributed by atoms with Crippen molar-refractivity contribution in [2.24, 2.45) is 5.92 Å². The van der Waals surface area contributed by atoms with Crippen LogP contribution in [0.1, 0.15) is 30.9 Å². The Kier molecular flexibility index (Phi) is 4.88. The first kappa shape index (κ1) is 17.2. The van der Waals surface area contributed by atoms with Gasteiger partial charge in [0.25, 0.3) is 0 Å². The van der Waals surface area contributed by atoms with Gasteiger partial charge in [-0.2, -0.15) is 0 Å². The molecule has 0 bridgehead atoms. The molecule has 0 radical (unpaired) electrons. The summed E-state index contributed by atoms with van der Waals surface area (Å²) in [5, 5.41) is 0. The summed E-state index contributed by atoms with van der Waals surface area (Å²) >= 11 is 0. The highest BCUT2D eigenvalue weighted by Crippen LogP contribution is 2.44. The average molecular weight is 337 g/mol. The first-order valence-corrected chi connectivity index (χ1v) is 8.58. The number of fused-ring (bicyclic) bond motifs is 3. The van der Waals surface area contributed by atoms with E-state index in [1.54, 1.807) is 7.05 Å². The molecule has 0 aliphatic heterocycles. The molecular weight excluding hydrogens is 314 g/mol. The molecule has 0 saturated heterocycles. The summed E-state index contributed by atoms with van der Waals surface area (Å²) in [5.41, 5.74) is 4.75. The molecule has 0 saturated carbocycles. The van der Waals surface area contributed by atoms with Gasteiger partial charge in [-0.3, -0.25) is 4.79 Å². The summed E-state index contributed by atoms with van der Waals surface area (Å²) in [6.07, 6.45) is -0.462. The maximum absolute atomic E-state index is 12.2. The highest BCUT2D eigenvalue weighted by Gasteiger charge is 2.29. The van der Waals surface area contributed by atoms with E-state index in [0.717, 1.165) is 0 Å². The van der Waals surface area contributed by atoms with Crippen molar-refractivity contribution >= 4 is 11.9 Å². The molecule has 2 aromatic rings. The summed E-state index contributed by atoms with van der Waals surface area (Å²) in [6.45, 7) is 4.00. The molecule has 1 aliphatic carbocycles. The largest absolute Gasteiger partial charge is 0.448 e. The molecule has 0 unspecified atom stereocenters. The zero-order chi connectivity index (χ0) is 18.0. The molecule has 0 spiro atoms. The molecule has 0 N–H and O–H groups in total. The highest BCUT2D eigenvalue weighted by molar-refractivity contribution is 5.85. The van der Waals surface area contributed by atoms with E-state index in [-0.39, 0.29) is 30.8 Å². The van der Waals surface area contributed by atoms with Crippen molar-refractivity contribution in [2.45, 2.75) is 19.8 Å². The fourth-order valence-electron chi connectivity index (χ4n) is 3.19. The Bertz CT molecular complexity index is 752. The summed E-state index contributed by atoms with van der Waals surface area (Å²) in [7, 11) is 1.60. The second-order valence-electron chi connectivity index (χ2n) is 6.78. The lowest BCUT2D eigenvalue weighted by atomic mass is 9.98. The van der Waals surface area contributed by atoms with Crippen molar-refractivity contribution in [3.63, 3.8) is 0 Å². The molecular formula is C21H23NO3. The van der Waals surface area contributed by atoms with E-state index in [4.69, 9.17) is 4.74 Å². The number of likely N-dealkylation sites (N-methyl/N-ethyl adjacent to an activating group) is 1. The fraction of sp³-hybridized carbons (Fsp3) is 0.333. The Balaban J connectivity index is 1.71. The van der Waals surface area contributed by atoms with Gasteiger partial charge in [0.05, 0.1) is 6.54 Å². The van der Waals surface area contributed by atoms with E-state index in [1.807, 2.05) is 38.1 Å². The van der Waals surface area contributed by atoms with Gasteiger partial charge in [0.15, 0.2) is 5.78 Å². The summed E-state index contributed by atoms with van der Waals surface area (Å²) < 4.78 is 5.52. The third kappa shape index (κ3) is 3.43. The smallest absolute Gasteiger partial charge is 0.409 e. The van der Waals surface area contributed by atoms with Crippen LogP contribution >= 0.6 is 0 Å². The number of carbonyl (C=O) groups excluding carboxylic acids is 2. The SMILES string of the molecule is CC(C)C(=O)CN(C)C(=O)OCC1c2ccccc2-c2ccccc21.